The van der Waals surface area contributed by atoms with Gasteiger partial charge in [-0.25, -0.2) is 4.98 Å². The quantitative estimate of drug-likeness (QED) is 0.808. The van der Waals surface area contributed by atoms with Crippen LogP contribution in [0.5, 0.6) is 0 Å². The first kappa shape index (κ1) is 15.0. The average molecular weight is 307 g/mol. The van der Waals surface area contributed by atoms with E-state index in [9.17, 15) is 9.59 Å². The summed E-state index contributed by atoms with van der Waals surface area (Å²) in [6.07, 6.45) is 0. The van der Waals surface area contributed by atoms with Crippen LogP contribution in [0.1, 0.15) is 40.9 Å². The van der Waals surface area contributed by atoms with Crippen LogP contribution in [-0.4, -0.2) is 21.4 Å². The van der Waals surface area contributed by atoms with E-state index in [1.54, 1.807) is 12.1 Å². The molecule has 0 aliphatic heterocycles. The first-order chi connectivity index (χ1) is 11.1. The van der Waals surface area contributed by atoms with Crippen molar-refractivity contribution in [2.24, 2.45) is 0 Å². The second-order valence-electron chi connectivity index (χ2n) is 5.38. The van der Waals surface area contributed by atoms with E-state index in [1.165, 1.54) is 11.5 Å². The fourth-order valence-electron chi connectivity index (χ4n) is 2.58. The van der Waals surface area contributed by atoms with Gasteiger partial charge in [0, 0.05) is 6.92 Å². The van der Waals surface area contributed by atoms with E-state index in [-0.39, 0.29) is 23.7 Å². The van der Waals surface area contributed by atoms with Crippen LogP contribution < -0.4 is 5.32 Å². The number of para-hydroxylation sites is 2. The van der Waals surface area contributed by atoms with Gasteiger partial charge < -0.3 is 5.32 Å². The molecule has 3 rings (SSSR count). The monoisotopic (exact) mass is 307 g/mol. The number of nitrogens with zero attached hydrogens (tertiary/aromatic N) is 2. The Morgan fingerprint density at radius 2 is 1.70 bits per heavy atom. The molecule has 23 heavy (non-hydrogen) atoms. The summed E-state index contributed by atoms with van der Waals surface area (Å²) in [5.41, 5.74) is 2.25. The lowest BCUT2D eigenvalue weighted by Gasteiger charge is -2.14. The molecule has 0 spiro atoms. The third kappa shape index (κ3) is 2.85. The third-order valence-electron chi connectivity index (χ3n) is 3.73. The molecule has 0 bridgehead atoms. The van der Waals surface area contributed by atoms with Crippen LogP contribution in [0.25, 0.3) is 11.0 Å². The Labute approximate surface area is 134 Å². The van der Waals surface area contributed by atoms with Gasteiger partial charge >= 0.3 is 0 Å². The van der Waals surface area contributed by atoms with Crippen LogP contribution in [-0.2, 0) is 0 Å². The number of fused-ring (bicyclic) bond motifs is 1. The van der Waals surface area contributed by atoms with Crippen molar-refractivity contribution in [2.45, 2.75) is 19.9 Å². The molecule has 0 radical (unpaired) electrons. The maximum atomic E-state index is 12.6. The number of benzene rings is 2. The number of carbonyl (C=O) groups is 2. The van der Waals surface area contributed by atoms with Gasteiger partial charge in [0.1, 0.15) is 0 Å². The summed E-state index contributed by atoms with van der Waals surface area (Å²) < 4.78 is 1.35. The molecule has 0 fully saturated rings. The highest BCUT2D eigenvalue weighted by molar-refractivity contribution is 6.01. The Balaban J connectivity index is 1.95. The maximum Gasteiger partial charge on any atom is 0.288 e. The molecular weight excluding hydrogens is 290 g/mol. The molecule has 1 aromatic heterocycles. The van der Waals surface area contributed by atoms with E-state index < -0.39 is 0 Å². The number of nitrogens with one attached hydrogen (secondary N) is 1. The number of hydrogen-bond acceptors (Lipinski definition) is 3. The topological polar surface area (TPSA) is 64.0 Å². The van der Waals surface area contributed by atoms with E-state index in [0.29, 0.717) is 11.0 Å². The first-order valence-electron chi connectivity index (χ1n) is 7.42. The molecule has 1 unspecified atom stereocenters. The van der Waals surface area contributed by atoms with Crippen LogP contribution in [0.3, 0.4) is 0 Å². The van der Waals surface area contributed by atoms with Crippen molar-refractivity contribution in [3.05, 3.63) is 66.0 Å². The number of imidazole rings is 1. The fourth-order valence-corrected chi connectivity index (χ4v) is 2.58. The number of rotatable bonds is 3. The van der Waals surface area contributed by atoms with Gasteiger partial charge in [-0.2, -0.15) is 0 Å². The molecular formula is C18H17N3O2. The van der Waals surface area contributed by atoms with Crippen LogP contribution >= 0.6 is 0 Å². The minimum absolute atomic E-state index is 0.112. The minimum Gasteiger partial charge on any atom is -0.343 e. The number of carbonyl (C=O) groups excluding carboxylic acids is 2. The van der Waals surface area contributed by atoms with Crippen molar-refractivity contribution in [3.8, 4) is 0 Å². The Kier molecular flexibility index (Phi) is 3.93. The lowest BCUT2D eigenvalue weighted by Crippen LogP contribution is -2.30. The third-order valence-corrected chi connectivity index (χ3v) is 3.73. The highest BCUT2D eigenvalue weighted by Crippen LogP contribution is 2.17. The van der Waals surface area contributed by atoms with E-state index >= 15 is 0 Å². The van der Waals surface area contributed by atoms with Gasteiger partial charge in [-0.1, -0.05) is 42.5 Å². The predicted molar refractivity (Wildman–Crippen MR) is 88.4 cm³/mol. The second kappa shape index (κ2) is 6.04. The smallest absolute Gasteiger partial charge is 0.288 e. The zero-order valence-corrected chi connectivity index (χ0v) is 13.0. The summed E-state index contributed by atoms with van der Waals surface area (Å²) in [6, 6.07) is 16.7. The predicted octanol–water partition coefficient (Wildman–Crippen LogP) is 3.19. The first-order valence-corrected chi connectivity index (χ1v) is 7.42. The average Bonchev–Trinajstić information content (AvgIpc) is 2.95. The fraction of sp³-hybridized carbons (Fsp3) is 0.167. The lowest BCUT2D eigenvalue weighted by molar-refractivity contribution is 0.0879. The summed E-state index contributed by atoms with van der Waals surface area (Å²) in [5.74, 6) is -0.495. The van der Waals surface area contributed by atoms with E-state index in [1.807, 2.05) is 49.4 Å². The summed E-state index contributed by atoms with van der Waals surface area (Å²) in [7, 11) is 0. The number of hydrogen-bond donors (Lipinski definition) is 1. The molecule has 1 amide bonds. The number of amides is 1. The zero-order valence-electron chi connectivity index (χ0n) is 13.0. The lowest BCUT2D eigenvalue weighted by atomic mass is 10.1. The van der Waals surface area contributed by atoms with E-state index in [4.69, 9.17) is 0 Å². The molecule has 5 nitrogen and oxygen atoms in total. The van der Waals surface area contributed by atoms with Gasteiger partial charge in [-0.3, -0.25) is 14.2 Å². The molecule has 1 N–H and O–H groups in total. The summed E-state index contributed by atoms with van der Waals surface area (Å²) in [5, 5.41) is 2.89. The Bertz CT molecular complexity index is 868. The summed E-state index contributed by atoms with van der Waals surface area (Å²) >= 11 is 0. The van der Waals surface area contributed by atoms with Gasteiger partial charge in [0.2, 0.25) is 11.7 Å². The van der Waals surface area contributed by atoms with Crippen LogP contribution in [0.15, 0.2) is 54.6 Å². The Morgan fingerprint density at radius 1 is 1.04 bits per heavy atom. The van der Waals surface area contributed by atoms with Crippen molar-refractivity contribution in [1.29, 1.82) is 0 Å². The Hall–Kier alpha value is -2.95. The van der Waals surface area contributed by atoms with Gasteiger partial charge in [0.15, 0.2) is 0 Å². The largest absolute Gasteiger partial charge is 0.343 e. The molecule has 0 saturated carbocycles. The summed E-state index contributed by atoms with van der Waals surface area (Å²) in [4.78, 5) is 28.8. The van der Waals surface area contributed by atoms with Crippen molar-refractivity contribution < 1.29 is 9.59 Å². The van der Waals surface area contributed by atoms with Crippen molar-refractivity contribution >= 4 is 22.8 Å². The van der Waals surface area contributed by atoms with Crippen LogP contribution in [0, 0.1) is 0 Å². The van der Waals surface area contributed by atoms with E-state index in [0.717, 1.165) is 5.56 Å². The molecule has 0 aliphatic carbocycles. The summed E-state index contributed by atoms with van der Waals surface area (Å²) in [6.45, 7) is 3.32. The van der Waals surface area contributed by atoms with Gasteiger partial charge in [-0.15, -0.1) is 0 Å². The van der Waals surface area contributed by atoms with Crippen LogP contribution in [0.4, 0.5) is 0 Å². The van der Waals surface area contributed by atoms with Gasteiger partial charge in [0.25, 0.3) is 5.91 Å². The maximum absolute atomic E-state index is 12.6. The molecule has 0 saturated heterocycles. The van der Waals surface area contributed by atoms with Gasteiger partial charge in [0.05, 0.1) is 17.1 Å². The number of aromatic nitrogens is 2. The van der Waals surface area contributed by atoms with Crippen molar-refractivity contribution in [3.63, 3.8) is 0 Å². The molecule has 116 valence electrons. The molecule has 2 aromatic carbocycles. The van der Waals surface area contributed by atoms with E-state index in [2.05, 4.69) is 10.3 Å². The molecule has 1 atom stereocenters. The molecule has 3 aromatic rings. The second-order valence-corrected chi connectivity index (χ2v) is 5.38. The molecule has 1 heterocycles. The van der Waals surface area contributed by atoms with Crippen molar-refractivity contribution in [1.82, 2.24) is 14.9 Å². The molecule has 5 heteroatoms. The Morgan fingerprint density at radius 3 is 2.39 bits per heavy atom. The van der Waals surface area contributed by atoms with Crippen molar-refractivity contribution in [2.75, 3.05) is 0 Å². The SMILES string of the molecule is CC(=O)n1c(C(=O)NC(C)c2ccccc2)nc2ccccc21. The minimum atomic E-state index is -0.368. The van der Waals surface area contributed by atoms with Gasteiger partial charge in [-0.05, 0) is 24.6 Å². The standard InChI is InChI=1S/C18H17N3O2/c1-12(14-8-4-3-5-9-14)19-18(23)17-20-15-10-6-7-11-16(15)21(17)13(2)22/h3-12H,1-2H3,(H,19,23). The normalized spacial score (nSPS) is 12.1. The highest BCUT2D eigenvalue weighted by Gasteiger charge is 2.21. The molecule has 0 aliphatic rings. The highest BCUT2D eigenvalue weighted by atomic mass is 16.2. The van der Waals surface area contributed by atoms with Crippen LogP contribution in [0.2, 0.25) is 0 Å². The zero-order chi connectivity index (χ0) is 16.4.